The molecule has 1 amide bonds. The predicted octanol–water partition coefficient (Wildman–Crippen LogP) is 2.21. The lowest BCUT2D eigenvalue weighted by molar-refractivity contribution is -0.118. The van der Waals surface area contributed by atoms with E-state index < -0.39 is 0 Å². The molecular formula is C19H21N3O4. The molecule has 0 aliphatic rings. The zero-order valence-electron chi connectivity index (χ0n) is 15.2. The standard InChI is InChI=1S/C19H21N3O4/c1-12-7-5-6-8-16(12)26-11-18(23)20-13-9-14-15(10-17(13)25-4)22(3)19(24)21(14)2/h5-10H,11H2,1-4H3,(H,20,23). The van der Waals surface area contributed by atoms with Crippen molar-refractivity contribution >= 4 is 22.6 Å². The number of aryl methyl sites for hydroxylation is 3. The fourth-order valence-electron chi connectivity index (χ4n) is 2.84. The maximum atomic E-state index is 12.3. The first-order valence-corrected chi connectivity index (χ1v) is 8.14. The Bertz CT molecular complexity index is 1030. The van der Waals surface area contributed by atoms with E-state index in [2.05, 4.69) is 5.32 Å². The van der Waals surface area contributed by atoms with Crippen LogP contribution in [0.2, 0.25) is 0 Å². The largest absolute Gasteiger partial charge is 0.494 e. The molecule has 3 rings (SSSR count). The molecular weight excluding hydrogens is 334 g/mol. The molecule has 0 saturated carbocycles. The van der Waals surface area contributed by atoms with Crippen molar-refractivity contribution in [2.75, 3.05) is 19.0 Å². The molecule has 0 radical (unpaired) electrons. The minimum absolute atomic E-state index is 0.125. The van der Waals surface area contributed by atoms with Crippen molar-refractivity contribution in [2.24, 2.45) is 14.1 Å². The predicted molar refractivity (Wildman–Crippen MR) is 100 cm³/mol. The number of fused-ring (bicyclic) bond motifs is 1. The summed E-state index contributed by atoms with van der Waals surface area (Å²) in [6, 6.07) is 10.9. The van der Waals surface area contributed by atoms with Gasteiger partial charge in [-0.1, -0.05) is 18.2 Å². The Morgan fingerprint density at radius 1 is 1.08 bits per heavy atom. The second kappa shape index (κ2) is 6.95. The average Bonchev–Trinajstić information content (AvgIpc) is 2.84. The molecule has 136 valence electrons. The lowest BCUT2D eigenvalue weighted by Gasteiger charge is -2.12. The summed E-state index contributed by atoms with van der Waals surface area (Å²) in [5, 5.41) is 2.79. The lowest BCUT2D eigenvalue weighted by atomic mass is 10.2. The molecule has 1 heterocycles. The van der Waals surface area contributed by atoms with Crippen LogP contribution in [0.15, 0.2) is 41.2 Å². The zero-order chi connectivity index (χ0) is 18.8. The number of methoxy groups -OCH3 is 1. The van der Waals surface area contributed by atoms with E-state index in [0.29, 0.717) is 22.7 Å². The minimum atomic E-state index is -0.313. The summed E-state index contributed by atoms with van der Waals surface area (Å²) < 4.78 is 14.0. The highest BCUT2D eigenvalue weighted by atomic mass is 16.5. The van der Waals surface area contributed by atoms with Gasteiger partial charge in [-0.2, -0.15) is 0 Å². The quantitative estimate of drug-likeness (QED) is 0.761. The number of carbonyl (C=O) groups is 1. The summed E-state index contributed by atoms with van der Waals surface area (Å²) >= 11 is 0. The van der Waals surface area contributed by atoms with Crippen LogP contribution >= 0.6 is 0 Å². The van der Waals surface area contributed by atoms with Gasteiger partial charge >= 0.3 is 5.69 Å². The summed E-state index contributed by atoms with van der Waals surface area (Å²) in [6.45, 7) is 1.79. The van der Waals surface area contributed by atoms with Crippen LogP contribution in [-0.2, 0) is 18.9 Å². The summed E-state index contributed by atoms with van der Waals surface area (Å²) in [7, 11) is 4.89. The van der Waals surface area contributed by atoms with Gasteiger partial charge < -0.3 is 14.8 Å². The van der Waals surface area contributed by atoms with Crippen LogP contribution in [0.5, 0.6) is 11.5 Å². The van der Waals surface area contributed by atoms with Gasteiger partial charge in [-0.3, -0.25) is 13.9 Å². The molecule has 0 aliphatic heterocycles. The topological polar surface area (TPSA) is 74.5 Å². The molecule has 26 heavy (non-hydrogen) atoms. The van der Waals surface area contributed by atoms with Crippen LogP contribution in [0.1, 0.15) is 5.56 Å². The Labute approximate surface area is 150 Å². The Balaban J connectivity index is 1.83. The number of imidazole rings is 1. The van der Waals surface area contributed by atoms with E-state index in [1.807, 2.05) is 31.2 Å². The Morgan fingerprint density at radius 3 is 2.38 bits per heavy atom. The van der Waals surface area contributed by atoms with Crippen LogP contribution in [0, 0.1) is 6.92 Å². The van der Waals surface area contributed by atoms with Gasteiger partial charge in [-0.15, -0.1) is 0 Å². The van der Waals surface area contributed by atoms with E-state index in [4.69, 9.17) is 9.47 Å². The molecule has 1 N–H and O–H groups in total. The maximum Gasteiger partial charge on any atom is 0.328 e. The second-order valence-electron chi connectivity index (χ2n) is 6.04. The molecule has 7 nitrogen and oxygen atoms in total. The summed E-state index contributed by atoms with van der Waals surface area (Å²) in [6.07, 6.45) is 0. The number of carbonyl (C=O) groups excluding carboxylic acids is 1. The van der Waals surface area contributed by atoms with Crippen molar-refractivity contribution in [1.29, 1.82) is 0 Å². The molecule has 0 bridgehead atoms. The van der Waals surface area contributed by atoms with Gasteiger partial charge in [0.2, 0.25) is 0 Å². The van der Waals surface area contributed by atoms with Gasteiger partial charge in [-0.25, -0.2) is 4.79 Å². The van der Waals surface area contributed by atoms with Crippen molar-refractivity contribution in [1.82, 2.24) is 9.13 Å². The number of nitrogens with one attached hydrogen (secondary N) is 1. The van der Waals surface area contributed by atoms with Gasteiger partial charge in [-0.05, 0) is 24.6 Å². The summed E-state index contributed by atoms with van der Waals surface area (Å²) in [4.78, 5) is 24.4. The first-order valence-electron chi connectivity index (χ1n) is 8.14. The molecule has 0 fully saturated rings. The number of rotatable bonds is 5. The van der Waals surface area contributed by atoms with E-state index in [1.165, 1.54) is 16.2 Å². The number of ether oxygens (including phenoxy) is 2. The van der Waals surface area contributed by atoms with Crippen LogP contribution in [-0.4, -0.2) is 28.8 Å². The molecule has 0 unspecified atom stereocenters. The van der Waals surface area contributed by atoms with Gasteiger partial charge in [0.05, 0.1) is 23.8 Å². The SMILES string of the molecule is COc1cc2c(cc1NC(=O)COc1ccccc1C)n(C)c(=O)n2C. The van der Waals surface area contributed by atoms with E-state index in [0.717, 1.165) is 11.1 Å². The van der Waals surface area contributed by atoms with Gasteiger partial charge in [0.15, 0.2) is 6.61 Å². The minimum Gasteiger partial charge on any atom is -0.494 e. The molecule has 3 aromatic rings. The Hall–Kier alpha value is -3.22. The normalized spacial score (nSPS) is 10.8. The van der Waals surface area contributed by atoms with Crippen molar-refractivity contribution in [3.63, 3.8) is 0 Å². The van der Waals surface area contributed by atoms with Crippen molar-refractivity contribution in [3.05, 3.63) is 52.4 Å². The number of anilines is 1. The average molecular weight is 355 g/mol. The highest BCUT2D eigenvalue weighted by molar-refractivity contribution is 5.96. The number of hydrogen-bond acceptors (Lipinski definition) is 4. The summed E-state index contributed by atoms with van der Waals surface area (Å²) in [5.41, 5.74) is 2.73. The first-order chi connectivity index (χ1) is 12.4. The van der Waals surface area contributed by atoms with Crippen LogP contribution in [0.3, 0.4) is 0 Å². The third kappa shape index (κ3) is 3.15. The monoisotopic (exact) mass is 355 g/mol. The molecule has 1 aromatic heterocycles. The fourth-order valence-corrected chi connectivity index (χ4v) is 2.84. The highest BCUT2D eigenvalue weighted by Gasteiger charge is 2.15. The highest BCUT2D eigenvalue weighted by Crippen LogP contribution is 2.29. The van der Waals surface area contributed by atoms with Crippen molar-refractivity contribution in [2.45, 2.75) is 6.92 Å². The van der Waals surface area contributed by atoms with Crippen LogP contribution in [0.4, 0.5) is 5.69 Å². The second-order valence-corrected chi connectivity index (χ2v) is 6.04. The Morgan fingerprint density at radius 2 is 1.73 bits per heavy atom. The van der Waals surface area contributed by atoms with Gasteiger partial charge in [0.25, 0.3) is 5.91 Å². The number of aromatic nitrogens is 2. The number of nitrogens with zero attached hydrogens (tertiary/aromatic N) is 2. The van der Waals surface area contributed by atoms with E-state index in [9.17, 15) is 9.59 Å². The van der Waals surface area contributed by atoms with Crippen molar-refractivity contribution in [3.8, 4) is 11.5 Å². The fraction of sp³-hybridized carbons (Fsp3) is 0.263. The number of hydrogen-bond donors (Lipinski definition) is 1. The molecule has 7 heteroatoms. The smallest absolute Gasteiger partial charge is 0.328 e. The molecule has 0 aliphatic carbocycles. The summed E-state index contributed by atoms with van der Waals surface area (Å²) in [5.74, 6) is 0.824. The molecule has 2 aromatic carbocycles. The zero-order valence-corrected chi connectivity index (χ0v) is 15.2. The van der Waals surface area contributed by atoms with E-state index in [-0.39, 0.29) is 18.2 Å². The maximum absolute atomic E-state index is 12.3. The van der Waals surface area contributed by atoms with Crippen molar-refractivity contribution < 1.29 is 14.3 Å². The molecule has 0 spiro atoms. The number of para-hydroxylation sites is 1. The third-order valence-corrected chi connectivity index (χ3v) is 4.32. The van der Waals surface area contributed by atoms with Gasteiger partial charge in [0.1, 0.15) is 11.5 Å². The third-order valence-electron chi connectivity index (χ3n) is 4.32. The van der Waals surface area contributed by atoms with Gasteiger partial charge in [0, 0.05) is 20.2 Å². The van der Waals surface area contributed by atoms with E-state index in [1.54, 1.807) is 26.2 Å². The molecule has 0 saturated heterocycles. The first kappa shape index (κ1) is 17.6. The Kier molecular flexibility index (Phi) is 4.71. The number of amides is 1. The molecule has 0 atom stereocenters. The lowest BCUT2D eigenvalue weighted by Crippen LogP contribution is -2.20. The van der Waals surface area contributed by atoms with Crippen LogP contribution in [0.25, 0.3) is 11.0 Å². The van der Waals surface area contributed by atoms with Crippen LogP contribution < -0.4 is 20.5 Å². The van der Waals surface area contributed by atoms with E-state index >= 15 is 0 Å². The number of benzene rings is 2.